The Labute approximate surface area is 126 Å². The first-order chi connectivity index (χ1) is 10.1. The Morgan fingerprint density at radius 3 is 2.67 bits per heavy atom. The molecule has 0 aliphatic heterocycles. The second-order valence-corrected chi connectivity index (χ2v) is 5.74. The van der Waals surface area contributed by atoms with Crippen molar-refractivity contribution in [1.29, 1.82) is 0 Å². The van der Waals surface area contributed by atoms with Crippen LogP contribution in [-0.4, -0.2) is 24.8 Å². The minimum atomic E-state index is -0.624. The van der Waals surface area contributed by atoms with Crippen LogP contribution in [0.5, 0.6) is 5.75 Å². The third-order valence-electron chi connectivity index (χ3n) is 4.09. The standard InChI is InChI=1S/C17H24O4/c1-12(18)14-8-9-16(15(10-14)17(19)20-2)21-11-13-6-4-3-5-7-13/h8-10,12-13,18H,3-7,11H2,1-2H3/t12-/m0/s1. The molecular weight excluding hydrogens is 268 g/mol. The summed E-state index contributed by atoms with van der Waals surface area (Å²) in [5.41, 5.74) is 1.06. The highest BCUT2D eigenvalue weighted by molar-refractivity contribution is 5.92. The van der Waals surface area contributed by atoms with E-state index in [4.69, 9.17) is 9.47 Å². The normalized spacial score (nSPS) is 17.3. The number of rotatable bonds is 5. The SMILES string of the molecule is COC(=O)c1cc([C@H](C)O)ccc1OCC1CCCCC1. The van der Waals surface area contributed by atoms with E-state index in [0.717, 1.165) is 0 Å². The highest BCUT2D eigenvalue weighted by atomic mass is 16.5. The van der Waals surface area contributed by atoms with Crippen molar-refractivity contribution in [2.75, 3.05) is 13.7 Å². The van der Waals surface area contributed by atoms with Crippen molar-refractivity contribution in [1.82, 2.24) is 0 Å². The van der Waals surface area contributed by atoms with Crippen molar-refractivity contribution < 1.29 is 19.4 Å². The van der Waals surface area contributed by atoms with Crippen LogP contribution in [0.2, 0.25) is 0 Å². The van der Waals surface area contributed by atoms with Gasteiger partial charge in [-0.1, -0.05) is 25.3 Å². The number of aliphatic hydroxyl groups excluding tert-OH is 1. The lowest BCUT2D eigenvalue weighted by Crippen LogP contribution is -2.16. The highest BCUT2D eigenvalue weighted by Gasteiger charge is 2.18. The van der Waals surface area contributed by atoms with Crippen LogP contribution in [0.4, 0.5) is 0 Å². The fourth-order valence-corrected chi connectivity index (χ4v) is 2.76. The summed E-state index contributed by atoms with van der Waals surface area (Å²) in [5, 5.41) is 9.63. The first-order valence-corrected chi connectivity index (χ1v) is 7.65. The predicted octanol–water partition coefficient (Wildman–Crippen LogP) is 3.49. The van der Waals surface area contributed by atoms with Crippen molar-refractivity contribution in [3.63, 3.8) is 0 Å². The third kappa shape index (κ3) is 4.21. The predicted molar refractivity (Wildman–Crippen MR) is 80.5 cm³/mol. The number of benzene rings is 1. The Kier molecular flexibility index (Phi) is 5.62. The van der Waals surface area contributed by atoms with E-state index in [0.29, 0.717) is 29.4 Å². The third-order valence-corrected chi connectivity index (χ3v) is 4.09. The molecule has 1 fully saturated rings. The molecule has 4 heteroatoms. The minimum absolute atomic E-state index is 0.381. The Hall–Kier alpha value is -1.55. The molecule has 0 radical (unpaired) electrons. The van der Waals surface area contributed by atoms with Gasteiger partial charge in [0.15, 0.2) is 0 Å². The maximum Gasteiger partial charge on any atom is 0.341 e. The Balaban J connectivity index is 2.11. The summed E-state index contributed by atoms with van der Waals surface area (Å²) in [7, 11) is 1.35. The van der Waals surface area contributed by atoms with Crippen molar-refractivity contribution >= 4 is 5.97 Å². The maximum absolute atomic E-state index is 11.9. The molecule has 0 spiro atoms. The summed E-state index contributed by atoms with van der Waals surface area (Å²) in [4.78, 5) is 11.9. The number of hydrogen-bond donors (Lipinski definition) is 1. The van der Waals surface area contributed by atoms with Crippen LogP contribution in [0.3, 0.4) is 0 Å². The number of carbonyl (C=O) groups is 1. The van der Waals surface area contributed by atoms with Crippen molar-refractivity contribution in [2.24, 2.45) is 5.92 Å². The summed E-state index contributed by atoms with van der Waals surface area (Å²) in [6.45, 7) is 2.30. The van der Waals surface area contributed by atoms with Gasteiger partial charge in [-0.2, -0.15) is 0 Å². The van der Waals surface area contributed by atoms with Gasteiger partial charge in [0.2, 0.25) is 0 Å². The molecule has 1 aliphatic rings. The van der Waals surface area contributed by atoms with E-state index in [1.54, 1.807) is 25.1 Å². The summed E-state index contributed by atoms with van der Waals surface area (Å²) < 4.78 is 10.7. The van der Waals surface area contributed by atoms with Gasteiger partial charge < -0.3 is 14.6 Å². The molecule has 116 valence electrons. The molecule has 0 heterocycles. The largest absolute Gasteiger partial charge is 0.492 e. The first kappa shape index (κ1) is 15.8. The maximum atomic E-state index is 11.9. The fraction of sp³-hybridized carbons (Fsp3) is 0.588. The van der Waals surface area contributed by atoms with Crippen LogP contribution in [0.1, 0.15) is 61.1 Å². The highest BCUT2D eigenvalue weighted by Crippen LogP contribution is 2.28. The first-order valence-electron chi connectivity index (χ1n) is 7.65. The van der Waals surface area contributed by atoms with Crippen LogP contribution in [0.15, 0.2) is 18.2 Å². The number of methoxy groups -OCH3 is 1. The lowest BCUT2D eigenvalue weighted by Gasteiger charge is -2.22. The monoisotopic (exact) mass is 292 g/mol. The molecule has 0 aromatic heterocycles. The molecule has 1 aliphatic carbocycles. The summed E-state index contributed by atoms with van der Waals surface area (Å²) >= 11 is 0. The van der Waals surface area contributed by atoms with E-state index in [9.17, 15) is 9.90 Å². The van der Waals surface area contributed by atoms with Gasteiger partial charge in [-0.15, -0.1) is 0 Å². The van der Waals surface area contributed by atoms with Crippen molar-refractivity contribution in [3.05, 3.63) is 29.3 Å². The van der Waals surface area contributed by atoms with Crippen LogP contribution >= 0.6 is 0 Å². The average molecular weight is 292 g/mol. The number of aliphatic hydroxyl groups is 1. The summed E-state index contributed by atoms with van der Waals surface area (Å²) in [6.07, 6.45) is 5.60. The van der Waals surface area contributed by atoms with Gasteiger partial charge in [-0.3, -0.25) is 0 Å². The van der Waals surface area contributed by atoms with Gasteiger partial charge in [0.1, 0.15) is 11.3 Å². The van der Waals surface area contributed by atoms with Crippen LogP contribution in [0, 0.1) is 5.92 Å². The second-order valence-electron chi connectivity index (χ2n) is 5.74. The van der Waals surface area contributed by atoms with Gasteiger partial charge in [0, 0.05) is 0 Å². The Bertz CT molecular complexity index is 476. The Morgan fingerprint density at radius 1 is 1.33 bits per heavy atom. The zero-order valence-electron chi connectivity index (χ0n) is 12.8. The lowest BCUT2D eigenvalue weighted by atomic mass is 9.90. The van der Waals surface area contributed by atoms with Gasteiger partial charge in [0.05, 0.1) is 19.8 Å². The molecule has 1 N–H and O–H groups in total. The molecule has 0 saturated heterocycles. The molecule has 1 aromatic rings. The van der Waals surface area contributed by atoms with E-state index >= 15 is 0 Å². The molecule has 1 saturated carbocycles. The van der Waals surface area contributed by atoms with Gasteiger partial charge in [0.25, 0.3) is 0 Å². The van der Waals surface area contributed by atoms with Crippen LogP contribution in [0.25, 0.3) is 0 Å². The molecule has 21 heavy (non-hydrogen) atoms. The zero-order valence-corrected chi connectivity index (χ0v) is 12.8. The van der Waals surface area contributed by atoms with E-state index in [2.05, 4.69) is 0 Å². The number of ether oxygens (including phenoxy) is 2. The summed E-state index contributed by atoms with van der Waals surface area (Å²) in [6, 6.07) is 5.18. The topological polar surface area (TPSA) is 55.8 Å². The lowest BCUT2D eigenvalue weighted by molar-refractivity contribution is 0.0594. The molecule has 0 bridgehead atoms. The summed E-state index contributed by atoms with van der Waals surface area (Å²) in [5.74, 6) is 0.675. The van der Waals surface area contributed by atoms with Gasteiger partial charge >= 0.3 is 5.97 Å². The second kappa shape index (κ2) is 7.46. The molecular formula is C17H24O4. The van der Waals surface area contributed by atoms with E-state index in [1.165, 1.54) is 39.2 Å². The van der Waals surface area contributed by atoms with Crippen LogP contribution < -0.4 is 4.74 Å². The average Bonchev–Trinajstić information content (AvgIpc) is 2.52. The molecule has 0 unspecified atom stereocenters. The van der Waals surface area contributed by atoms with Crippen molar-refractivity contribution in [3.8, 4) is 5.75 Å². The molecule has 1 aromatic carbocycles. The smallest absolute Gasteiger partial charge is 0.341 e. The number of esters is 1. The molecule has 1 atom stereocenters. The minimum Gasteiger partial charge on any atom is -0.492 e. The number of hydrogen-bond acceptors (Lipinski definition) is 4. The van der Waals surface area contributed by atoms with Crippen LogP contribution in [-0.2, 0) is 4.74 Å². The molecule has 4 nitrogen and oxygen atoms in total. The Morgan fingerprint density at radius 2 is 2.05 bits per heavy atom. The van der Waals surface area contributed by atoms with Gasteiger partial charge in [-0.05, 0) is 43.4 Å². The van der Waals surface area contributed by atoms with E-state index in [1.807, 2.05) is 0 Å². The molecule has 0 amide bonds. The quantitative estimate of drug-likeness (QED) is 0.844. The van der Waals surface area contributed by atoms with E-state index in [-0.39, 0.29) is 0 Å². The van der Waals surface area contributed by atoms with E-state index < -0.39 is 12.1 Å². The zero-order chi connectivity index (χ0) is 15.2. The molecule has 2 rings (SSSR count). The van der Waals surface area contributed by atoms with Crippen molar-refractivity contribution in [2.45, 2.75) is 45.1 Å². The van der Waals surface area contributed by atoms with Gasteiger partial charge in [-0.25, -0.2) is 4.79 Å². The fourth-order valence-electron chi connectivity index (χ4n) is 2.76. The number of carbonyl (C=O) groups excluding carboxylic acids is 1.